The maximum atomic E-state index is 12.8. The number of esters is 1. The zero-order chi connectivity index (χ0) is 19.1. The van der Waals surface area contributed by atoms with Gasteiger partial charge in [-0.15, -0.1) is 0 Å². The fraction of sp³-hybridized carbons (Fsp3) is 0.348. The average Bonchev–Trinajstić information content (AvgIpc) is 3.28. The van der Waals surface area contributed by atoms with E-state index in [1.165, 1.54) is 11.1 Å². The Labute approximate surface area is 163 Å². The van der Waals surface area contributed by atoms with Gasteiger partial charge in [-0.3, -0.25) is 0 Å². The van der Waals surface area contributed by atoms with Gasteiger partial charge < -0.3 is 19.2 Å². The van der Waals surface area contributed by atoms with Crippen molar-refractivity contribution in [2.24, 2.45) is 0 Å². The molecule has 1 fully saturated rings. The standard InChI is InChI=1S/C23H23NO4/c1-15-21(22(25)26-14-16-5-3-2-4-6-16)19-11-18-13-23(27-9-10-28-23)8-7-17(18)12-20(19)24-15/h2-6,11-12,24H,7-10,13-14H2,1H3. The Morgan fingerprint density at radius 1 is 1.14 bits per heavy atom. The second kappa shape index (κ2) is 6.76. The average molecular weight is 377 g/mol. The Bertz CT molecular complexity index is 1030. The van der Waals surface area contributed by atoms with Gasteiger partial charge in [-0.05, 0) is 42.2 Å². The van der Waals surface area contributed by atoms with Crippen LogP contribution in [-0.2, 0) is 33.7 Å². The molecular weight excluding hydrogens is 354 g/mol. The van der Waals surface area contributed by atoms with Gasteiger partial charge in [0.25, 0.3) is 0 Å². The quantitative estimate of drug-likeness (QED) is 0.699. The smallest absolute Gasteiger partial charge is 0.340 e. The van der Waals surface area contributed by atoms with E-state index in [1.54, 1.807) is 0 Å². The van der Waals surface area contributed by atoms with Crippen LogP contribution in [0.4, 0.5) is 0 Å². The summed E-state index contributed by atoms with van der Waals surface area (Å²) in [7, 11) is 0. The summed E-state index contributed by atoms with van der Waals surface area (Å²) >= 11 is 0. The Balaban J connectivity index is 1.46. The molecule has 1 spiro atoms. The fourth-order valence-electron chi connectivity index (χ4n) is 4.37. The summed E-state index contributed by atoms with van der Waals surface area (Å²) in [5.74, 6) is -0.786. The molecule has 0 unspecified atom stereocenters. The number of carbonyl (C=O) groups excluding carboxylic acids is 1. The van der Waals surface area contributed by atoms with Crippen LogP contribution in [0.15, 0.2) is 42.5 Å². The molecule has 1 aliphatic heterocycles. The lowest BCUT2D eigenvalue weighted by Gasteiger charge is -2.32. The molecule has 5 rings (SSSR count). The number of aromatic amines is 1. The van der Waals surface area contributed by atoms with Crippen LogP contribution in [0, 0.1) is 6.92 Å². The van der Waals surface area contributed by atoms with Crippen molar-refractivity contribution in [2.45, 2.75) is 38.6 Å². The van der Waals surface area contributed by atoms with Crippen LogP contribution in [0.3, 0.4) is 0 Å². The van der Waals surface area contributed by atoms with Gasteiger partial charge in [0.05, 0.1) is 18.8 Å². The number of rotatable bonds is 3. The zero-order valence-corrected chi connectivity index (χ0v) is 15.9. The van der Waals surface area contributed by atoms with Crippen LogP contribution in [0.25, 0.3) is 10.9 Å². The van der Waals surface area contributed by atoms with E-state index in [1.807, 2.05) is 37.3 Å². The van der Waals surface area contributed by atoms with Crippen molar-refractivity contribution < 1.29 is 19.0 Å². The van der Waals surface area contributed by atoms with Gasteiger partial charge in [-0.1, -0.05) is 30.3 Å². The van der Waals surface area contributed by atoms with Crippen molar-refractivity contribution in [3.63, 3.8) is 0 Å². The number of nitrogens with one attached hydrogen (secondary N) is 1. The zero-order valence-electron chi connectivity index (χ0n) is 15.9. The molecule has 0 bridgehead atoms. The SMILES string of the molecule is Cc1[nH]c2cc3c(cc2c1C(=O)OCc1ccccc1)CC1(CC3)OCCO1. The number of benzene rings is 2. The molecule has 2 aromatic carbocycles. The first-order valence-electron chi connectivity index (χ1n) is 9.77. The molecule has 1 aromatic heterocycles. The van der Waals surface area contributed by atoms with E-state index in [-0.39, 0.29) is 12.6 Å². The number of hydrogen-bond acceptors (Lipinski definition) is 4. The minimum atomic E-state index is -0.486. The van der Waals surface area contributed by atoms with E-state index in [9.17, 15) is 4.79 Å². The normalized spacial score (nSPS) is 17.8. The van der Waals surface area contributed by atoms with E-state index in [4.69, 9.17) is 14.2 Å². The predicted octanol–water partition coefficient (Wildman–Crippen LogP) is 4.07. The highest BCUT2D eigenvalue weighted by atomic mass is 16.7. The first-order valence-corrected chi connectivity index (χ1v) is 9.77. The topological polar surface area (TPSA) is 60.6 Å². The molecule has 0 amide bonds. The summed E-state index contributed by atoms with van der Waals surface area (Å²) in [6.45, 7) is 3.49. The minimum Gasteiger partial charge on any atom is -0.457 e. The van der Waals surface area contributed by atoms with Crippen molar-refractivity contribution in [3.8, 4) is 0 Å². The third-order valence-electron chi connectivity index (χ3n) is 5.77. The van der Waals surface area contributed by atoms with Crippen molar-refractivity contribution in [1.82, 2.24) is 4.98 Å². The maximum Gasteiger partial charge on any atom is 0.340 e. The molecule has 1 N–H and O–H groups in total. The predicted molar refractivity (Wildman–Crippen MR) is 105 cm³/mol. The second-order valence-electron chi connectivity index (χ2n) is 7.64. The largest absolute Gasteiger partial charge is 0.457 e. The van der Waals surface area contributed by atoms with Crippen molar-refractivity contribution >= 4 is 16.9 Å². The molecule has 144 valence electrons. The van der Waals surface area contributed by atoms with Gasteiger partial charge in [0, 0.05) is 29.4 Å². The summed E-state index contributed by atoms with van der Waals surface area (Å²) < 4.78 is 17.4. The molecule has 0 radical (unpaired) electrons. The molecule has 0 saturated carbocycles. The monoisotopic (exact) mass is 377 g/mol. The summed E-state index contributed by atoms with van der Waals surface area (Å²) in [6, 6.07) is 14.0. The lowest BCUT2D eigenvalue weighted by molar-refractivity contribution is -0.163. The van der Waals surface area contributed by atoms with E-state index >= 15 is 0 Å². The van der Waals surface area contributed by atoms with Crippen LogP contribution >= 0.6 is 0 Å². The molecule has 5 heteroatoms. The highest BCUT2D eigenvalue weighted by Gasteiger charge is 2.40. The van der Waals surface area contributed by atoms with E-state index < -0.39 is 5.79 Å². The lowest BCUT2D eigenvalue weighted by Crippen LogP contribution is -2.36. The molecule has 1 aliphatic carbocycles. The fourth-order valence-corrected chi connectivity index (χ4v) is 4.37. The molecule has 3 aromatic rings. The van der Waals surface area contributed by atoms with Crippen molar-refractivity contribution in [1.29, 1.82) is 0 Å². The molecular formula is C23H23NO4. The Morgan fingerprint density at radius 3 is 2.71 bits per heavy atom. The van der Waals surface area contributed by atoms with E-state index in [2.05, 4.69) is 17.1 Å². The second-order valence-corrected chi connectivity index (χ2v) is 7.64. The number of carbonyl (C=O) groups is 1. The lowest BCUT2D eigenvalue weighted by atomic mass is 9.86. The molecule has 0 atom stereocenters. The Morgan fingerprint density at radius 2 is 1.93 bits per heavy atom. The Hall–Kier alpha value is -2.63. The number of ether oxygens (including phenoxy) is 3. The molecule has 1 saturated heterocycles. The summed E-state index contributed by atoms with van der Waals surface area (Å²) in [6.07, 6.45) is 2.51. The summed E-state index contributed by atoms with van der Waals surface area (Å²) in [5.41, 5.74) is 5.88. The molecule has 28 heavy (non-hydrogen) atoms. The maximum absolute atomic E-state index is 12.8. The molecule has 2 aliphatic rings. The highest BCUT2D eigenvalue weighted by molar-refractivity contribution is 6.06. The van der Waals surface area contributed by atoms with Gasteiger partial charge in [0.1, 0.15) is 6.61 Å². The minimum absolute atomic E-state index is 0.265. The van der Waals surface area contributed by atoms with Crippen LogP contribution in [0.2, 0.25) is 0 Å². The Kier molecular flexibility index (Phi) is 4.22. The van der Waals surface area contributed by atoms with Gasteiger partial charge in [-0.2, -0.15) is 0 Å². The van der Waals surface area contributed by atoms with Crippen LogP contribution in [0.1, 0.15) is 39.2 Å². The number of fused-ring (bicyclic) bond motifs is 2. The highest BCUT2D eigenvalue weighted by Crippen LogP contribution is 2.38. The number of H-pyrrole nitrogens is 1. The first-order chi connectivity index (χ1) is 13.6. The van der Waals surface area contributed by atoms with Gasteiger partial charge >= 0.3 is 5.97 Å². The van der Waals surface area contributed by atoms with E-state index in [0.717, 1.165) is 41.4 Å². The summed E-state index contributed by atoms with van der Waals surface area (Å²) in [5, 5.41) is 0.907. The van der Waals surface area contributed by atoms with Gasteiger partial charge in [-0.25, -0.2) is 4.79 Å². The van der Waals surface area contributed by atoms with Gasteiger partial charge in [0.2, 0.25) is 0 Å². The molecule has 5 nitrogen and oxygen atoms in total. The third kappa shape index (κ3) is 3.01. The van der Waals surface area contributed by atoms with E-state index in [0.29, 0.717) is 18.8 Å². The van der Waals surface area contributed by atoms with Crippen molar-refractivity contribution in [2.75, 3.05) is 13.2 Å². The molecule has 2 heterocycles. The van der Waals surface area contributed by atoms with Crippen LogP contribution in [-0.4, -0.2) is 30.0 Å². The van der Waals surface area contributed by atoms with Gasteiger partial charge in [0.15, 0.2) is 5.79 Å². The van der Waals surface area contributed by atoms with Crippen molar-refractivity contribution in [3.05, 3.63) is 70.4 Å². The number of aryl methyl sites for hydroxylation is 2. The summed E-state index contributed by atoms with van der Waals surface area (Å²) in [4.78, 5) is 16.2. The number of hydrogen-bond donors (Lipinski definition) is 1. The van der Waals surface area contributed by atoms with Crippen LogP contribution in [0.5, 0.6) is 0 Å². The third-order valence-corrected chi connectivity index (χ3v) is 5.77. The van der Waals surface area contributed by atoms with Crippen LogP contribution < -0.4 is 0 Å². The number of aromatic nitrogens is 1. The first kappa shape index (κ1) is 17.5.